The summed E-state index contributed by atoms with van der Waals surface area (Å²) in [4.78, 5) is 10.8. The van der Waals surface area contributed by atoms with E-state index in [1.54, 1.807) is 18.2 Å². The van der Waals surface area contributed by atoms with E-state index in [9.17, 15) is 13.2 Å². The van der Waals surface area contributed by atoms with Gasteiger partial charge in [0.05, 0.1) is 22.5 Å². The van der Waals surface area contributed by atoms with E-state index >= 15 is 0 Å². The van der Waals surface area contributed by atoms with Crippen molar-refractivity contribution in [1.82, 2.24) is 15.0 Å². The number of alkyl halides is 3. The molecular weight excluding hydrogens is 350 g/mol. The Bertz CT molecular complexity index is 859. The van der Waals surface area contributed by atoms with E-state index in [0.717, 1.165) is 17.8 Å². The fourth-order valence-electron chi connectivity index (χ4n) is 2.03. The van der Waals surface area contributed by atoms with E-state index in [-0.39, 0.29) is 16.5 Å². The van der Waals surface area contributed by atoms with Gasteiger partial charge in [-0.05, 0) is 12.1 Å². The quantitative estimate of drug-likeness (QED) is 0.661. The summed E-state index contributed by atoms with van der Waals surface area (Å²) in [6.45, 7) is 0. The van der Waals surface area contributed by atoms with Crippen LogP contribution in [0.1, 0.15) is 5.56 Å². The van der Waals surface area contributed by atoms with E-state index in [1.165, 1.54) is 6.20 Å². The van der Waals surface area contributed by atoms with Gasteiger partial charge in [-0.15, -0.1) is 0 Å². The second kappa shape index (κ2) is 5.86. The largest absolute Gasteiger partial charge is 0.417 e. The number of H-pyrrole nitrogens is 1. The molecule has 118 valence electrons. The number of nitrogens with zero attached hydrogens (tertiary/aromatic N) is 2. The van der Waals surface area contributed by atoms with Crippen molar-refractivity contribution in [3.63, 3.8) is 0 Å². The van der Waals surface area contributed by atoms with Gasteiger partial charge in [0.25, 0.3) is 0 Å². The zero-order chi connectivity index (χ0) is 16.6. The Morgan fingerprint density at radius 1 is 0.957 bits per heavy atom. The average molecular weight is 358 g/mol. The number of rotatable bonds is 2. The first kappa shape index (κ1) is 15.8. The molecule has 2 aromatic heterocycles. The van der Waals surface area contributed by atoms with Crippen molar-refractivity contribution in [2.75, 3.05) is 0 Å². The minimum Gasteiger partial charge on any atom is -0.337 e. The van der Waals surface area contributed by atoms with Crippen LogP contribution in [0.25, 0.3) is 22.8 Å². The number of hydrogen-bond acceptors (Lipinski definition) is 2. The second-order valence-electron chi connectivity index (χ2n) is 4.68. The van der Waals surface area contributed by atoms with Crippen molar-refractivity contribution < 1.29 is 13.2 Å². The third-order valence-corrected chi connectivity index (χ3v) is 3.75. The molecule has 1 aromatic carbocycles. The SMILES string of the molecule is FC(F)(F)c1cnc(-c2ncc(-c3ccccc3Cl)[nH]2)c(Cl)c1. The molecule has 0 spiro atoms. The molecule has 8 heteroatoms. The molecule has 0 bridgehead atoms. The first-order valence-corrected chi connectivity index (χ1v) is 7.15. The summed E-state index contributed by atoms with van der Waals surface area (Å²) >= 11 is 12.0. The zero-order valence-electron chi connectivity index (χ0n) is 11.3. The summed E-state index contributed by atoms with van der Waals surface area (Å²) in [5.74, 6) is 0.263. The Hall–Kier alpha value is -2.05. The summed E-state index contributed by atoms with van der Waals surface area (Å²) in [6.07, 6.45) is -2.26. The molecule has 0 atom stereocenters. The molecule has 0 aliphatic rings. The van der Waals surface area contributed by atoms with Gasteiger partial charge in [0.2, 0.25) is 0 Å². The summed E-state index contributed by atoms with van der Waals surface area (Å²) in [5, 5.41) is 0.383. The smallest absolute Gasteiger partial charge is 0.337 e. The molecule has 3 nitrogen and oxygen atoms in total. The van der Waals surface area contributed by atoms with Gasteiger partial charge in [-0.25, -0.2) is 4.98 Å². The molecule has 1 N–H and O–H groups in total. The lowest BCUT2D eigenvalue weighted by atomic mass is 10.2. The highest BCUT2D eigenvalue weighted by atomic mass is 35.5. The number of halogens is 5. The predicted octanol–water partition coefficient (Wildman–Crippen LogP) is 5.46. The van der Waals surface area contributed by atoms with Crippen LogP contribution in [0.4, 0.5) is 13.2 Å². The van der Waals surface area contributed by atoms with Crippen LogP contribution in [0.3, 0.4) is 0 Å². The number of hydrogen-bond donors (Lipinski definition) is 1. The van der Waals surface area contributed by atoms with Gasteiger partial charge in [0.15, 0.2) is 5.82 Å². The van der Waals surface area contributed by atoms with Crippen molar-refractivity contribution >= 4 is 23.2 Å². The van der Waals surface area contributed by atoms with Crippen LogP contribution in [-0.4, -0.2) is 15.0 Å². The predicted molar refractivity (Wildman–Crippen MR) is 82.3 cm³/mol. The van der Waals surface area contributed by atoms with Gasteiger partial charge >= 0.3 is 6.18 Å². The molecule has 23 heavy (non-hydrogen) atoms. The Morgan fingerprint density at radius 3 is 2.35 bits per heavy atom. The molecule has 0 unspecified atom stereocenters. The van der Waals surface area contributed by atoms with Crippen LogP contribution in [0.5, 0.6) is 0 Å². The van der Waals surface area contributed by atoms with Gasteiger partial charge in [-0.1, -0.05) is 41.4 Å². The molecule has 0 fully saturated rings. The molecule has 0 saturated heterocycles. The standard InChI is InChI=1S/C15H8Cl2F3N3/c16-10-4-2-1-3-9(10)12-7-22-14(23-12)13-11(17)5-8(6-21-13)15(18,19)20/h1-7H,(H,22,23). The summed E-state index contributed by atoms with van der Waals surface area (Å²) in [5.41, 5.74) is 0.557. The highest BCUT2D eigenvalue weighted by molar-refractivity contribution is 6.33. The van der Waals surface area contributed by atoms with Crippen LogP contribution in [-0.2, 0) is 6.18 Å². The van der Waals surface area contributed by atoms with Gasteiger partial charge in [0, 0.05) is 16.8 Å². The zero-order valence-corrected chi connectivity index (χ0v) is 12.8. The lowest BCUT2D eigenvalue weighted by Crippen LogP contribution is -2.06. The maximum atomic E-state index is 12.6. The fraction of sp³-hybridized carbons (Fsp3) is 0.0667. The van der Waals surface area contributed by atoms with Crippen LogP contribution in [0.2, 0.25) is 10.0 Å². The summed E-state index contributed by atoms with van der Waals surface area (Å²) in [6, 6.07) is 7.94. The molecule has 0 radical (unpaired) electrons. The van der Waals surface area contributed by atoms with Crippen molar-refractivity contribution in [2.45, 2.75) is 6.18 Å². The molecule has 2 heterocycles. The third-order valence-electron chi connectivity index (χ3n) is 3.13. The van der Waals surface area contributed by atoms with Crippen molar-refractivity contribution in [2.24, 2.45) is 0 Å². The van der Waals surface area contributed by atoms with Gasteiger partial charge in [-0.3, -0.25) is 4.98 Å². The van der Waals surface area contributed by atoms with E-state index in [4.69, 9.17) is 23.2 Å². The van der Waals surface area contributed by atoms with E-state index in [2.05, 4.69) is 15.0 Å². The molecule has 0 aliphatic heterocycles. The normalized spacial score (nSPS) is 11.7. The number of aromatic amines is 1. The first-order valence-electron chi connectivity index (χ1n) is 6.39. The Kier molecular flexibility index (Phi) is 4.04. The van der Waals surface area contributed by atoms with Gasteiger partial charge in [-0.2, -0.15) is 13.2 Å². The summed E-state index contributed by atoms with van der Waals surface area (Å²) < 4.78 is 37.9. The molecule has 0 amide bonds. The van der Waals surface area contributed by atoms with Crippen LogP contribution < -0.4 is 0 Å². The monoisotopic (exact) mass is 357 g/mol. The maximum Gasteiger partial charge on any atom is 0.417 e. The molecular formula is C15H8Cl2F3N3. The number of nitrogens with one attached hydrogen (secondary N) is 1. The third kappa shape index (κ3) is 3.18. The number of pyridine rings is 1. The lowest BCUT2D eigenvalue weighted by Gasteiger charge is -2.07. The average Bonchev–Trinajstić information content (AvgIpc) is 2.96. The number of benzene rings is 1. The van der Waals surface area contributed by atoms with E-state index < -0.39 is 11.7 Å². The van der Waals surface area contributed by atoms with Gasteiger partial charge in [0.1, 0.15) is 5.69 Å². The Balaban J connectivity index is 2.00. The first-order chi connectivity index (χ1) is 10.9. The summed E-state index contributed by atoms with van der Waals surface area (Å²) in [7, 11) is 0. The van der Waals surface area contributed by atoms with Crippen LogP contribution in [0.15, 0.2) is 42.7 Å². The van der Waals surface area contributed by atoms with Gasteiger partial charge < -0.3 is 4.98 Å². The van der Waals surface area contributed by atoms with E-state index in [1.807, 2.05) is 6.07 Å². The van der Waals surface area contributed by atoms with Crippen molar-refractivity contribution in [1.29, 1.82) is 0 Å². The fourth-order valence-corrected chi connectivity index (χ4v) is 2.52. The minimum atomic E-state index is -4.50. The molecule has 3 rings (SSSR count). The van der Waals surface area contributed by atoms with Crippen LogP contribution in [0, 0.1) is 0 Å². The molecule has 0 saturated carbocycles. The number of aromatic nitrogens is 3. The number of imidazole rings is 1. The Labute approximate surface area is 139 Å². The minimum absolute atomic E-state index is 0.137. The highest BCUT2D eigenvalue weighted by Crippen LogP contribution is 2.34. The van der Waals surface area contributed by atoms with Crippen molar-refractivity contribution in [3.05, 3.63) is 58.3 Å². The maximum absolute atomic E-state index is 12.6. The topological polar surface area (TPSA) is 41.6 Å². The Morgan fingerprint density at radius 2 is 1.70 bits per heavy atom. The van der Waals surface area contributed by atoms with Crippen molar-refractivity contribution in [3.8, 4) is 22.8 Å². The van der Waals surface area contributed by atoms with Crippen LogP contribution >= 0.6 is 23.2 Å². The lowest BCUT2D eigenvalue weighted by molar-refractivity contribution is -0.137. The molecule has 0 aliphatic carbocycles. The van der Waals surface area contributed by atoms with E-state index in [0.29, 0.717) is 10.7 Å². The highest BCUT2D eigenvalue weighted by Gasteiger charge is 2.31. The molecule has 3 aromatic rings. The second-order valence-corrected chi connectivity index (χ2v) is 5.49.